The van der Waals surface area contributed by atoms with Crippen molar-refractivity contribution in [2.24, 2.45) is 5.73 Å². The number of H-pyrrole nitrogens is 1. The van der Waals surface area contributed by atoms with Crippen LogP contribution >= 0.6 is 11.6 Å². The van der Waals surface area contributed by atoms with E-state index in [1.54, 1.807) is 0 Å². The zero-order valence-corrected chi connectivity index (χ0v) is 10.1. The van der Waals surface area contributed by atoms with E-state index in [2.05, 4.69) is 4.98 Å². The number of benzene rings is 1. The number of halogens is 1. The molecular formula is C13H13ClN2O. The van der Waals surface area contributed by atoms with Gasteiger partial charge in [-0.1, -0.05) is 17.7 Å². The molecule has 1 aliphatic rings. The number of hydrogen-bond donors (Lipinski definition) is 2. The molecule has 0 radical (unpaired) electrons. The number of nitrogens with two attached hydrogens (primary N) is 1. The van der Waals surface area contributed by atoms with E-state index < -0.39 is 0 Å². The van der Waals surface area contributed by atoms with Gasteiger partial charge < -0.3 is 10.7 Å². The summed E-state index contributed by atoms with van der Waals surface area (Å²) in [6.45, 7) is 0. The van der Waals surface area contributed by atoms with Crippen molar-refractivity contribution in [2.45, 2.75) is 25.2 Å². The normalized spacial score (nSPS) is 19.2. The van der Waals surface area contributed by atoms with Gasteiger partial charge in [0.05, 0.1) is 10.9 Å². The SMILES string of the molecule is NC(=O)C1CCCc2c1[nH]c1cccc(Cl)c21. The highest BCUT2D eigenvalue weighted by Crippen LogP contribution is 2.38. The van der Waals surface area contributed by atoms with Crippen LogP contribution in [-0.4, -0.2) is 10.9 Å². The average molecular weight is 249 g/mol. The van der Waals surface area contributed by atoms with E-state index in [0.717, 1.165) is 40.9 Å². The lowest BCUT2D eigenvalue weighted by molar-refractivity contribution is -0.119. The third-order valence-electron chi connectivity index (χ3n) is 3.52. The monoisotopic (exact) mass is 248 g/mol. The van der Waals surface area contributed by atoms with Crippen LogP contribution in [0.5, 0.6) is 0 Å². The Hall–Kier alpha value is -1.48. The van der Waals surface area contributed by atoms with Crippen LogP contribution in [-0.2, 0) is 11.2 Å². The van der Waals surface area contributed by atoms with Crippen molar-refractivity contribution >= 4 is 28.4 Å². The summed E-state index contributed by atoms with van der Waals surface area (Å²) in [6, 6.07) is 5.77. The third kappa shape index (κ3) is 1.53. The summed E-state index contributed by atoms with van der Waals surface area (Å²) >= 11 is 6.23. The topological polar surface area (TPSA) is 58.9 Å². The maximum Gasteiger partial charge on any atom is 0.226 e. The van der Waals surface area contributed by atoms with E-state index in [0.29, 0.717) is 0 Å². The van der Waals surface area contributed by atoms with Gasteiger partial charge in [-0.2, -0.15) is 0 Å². The number of carbonyl (C=O) groups is 1. The first-order valence-electron chi connectivity index (χ1n) is 5.76. The first-order valence-corrected chi connectivity index (χ1v) is 6.14. The number of amides is 1. The maximum atomic E-state index is 11.4. The third-order valence-corrected chi connectivity index (χ3v) is 3.84. The molecule has 0 saturated carbocycles. The summed E-state index contributed by atoms with van der Waals surface area (Å²) in [5, 5.41) is 1.79. The fraction of sp³-hybridized carbons (Fsp3) is 0.308. The van der Waals surface area contributed by atoms with Crippen LogP contribution in [0.15, 0.2) is 18.2 Å². The van der Waals surface area contributed by atoms with E-state index in [-0.39, 0.29) is 11.8 Å². The quantitative estimate of drug-likeness (QED) is 0.801. The van der Waals surface area contributed by atoms with Crippen LogP contribution in [0.4, 0.5) is 0 Å². The molecule has 1 unspecified atom stereocenters. The Labute approximate surface area is 104 Å². The lowest BCUT2D eigenvalue weighted by atomic mass is 9.86. The summed E-state index contributed by atoms with van der Waals surface area (Å²) < 4.78 is 0. The summed E-state index contributed by atoms with van der Waals surface area (Å²) in [7, 11) is 0. The summed E-state index contributed by atoms with van der Waals surface area (Å²) in [4.78, 5) is 14.8. The fourth-order valence-electron chi connectivity index (χ4n) is 2.76. The number of hydrogen-bond acceptors (Lipinski definition) is 1. The van der Waals surface area contributed by atoms with E-state index in [1.165, 1.54) is 5.56 Å². The Bertz CT molecular complexity index is 603. The van der Waals surface area contributed by atoms with Crippen LogP contribution in [0.3, 0.4) is 0 Å². The number of aromatic amines is 1. The minimum absolute atomic E-state index is 0.192. The van der Waals surface area contributed by atoms with Gasteiger partial charge in [-0.3, -0.25) is 4.79 Å². The summed E-state index contributed by atoms with van der Waals surface area (Å²) in [6.07, 6.45) is 2.77. The predicted octanol–water partition coefficient (Wildman–Crippen LogP) is 2.73. The van der Waals surface area contributed by atoms with Gasteiger partial charge in [-0.15, -0.1) is 0 Å². The highest BCUT2D eigenvalue weighted by Gasteiger charge is 2.28. The zero-order valence-electron chi connectivity index (χ0n) is 9.29. The lowest BCUT2D eigenvalue weighted by Gasteiger charge is -2.19. The molecule has 1 aliphatic carbocycles. The fourth-order valence-corrected chi connectivity index (χ4v) is 3.05. The molecule has 3 N–H and O–H groups in total. The van der Waals surface area contributed by atoms with Crippen molar-refractivity contribution < 1.29 is 4.79 Å². The Balaban J connectivity index is 2.29. The molecule has 0 saturated heterocycles. The molecule has 0 fully saturated rings. The van der Waals surface area contributed by atoms with Crippen molar-refractivity contribution in [3.8, 4) is 0 Å². The number of aromatic nitrogens is 1. The molecule has 2 aromatic rings. The van der Waals surface area contributed by atoms with E-state index in [4.69, 9.17) is 17.3 Å². The molecule has 4 heteroatoms. The van der Waals surface area contributed by atoms with E-state index in [9.17, 15) is 4.79 Å². The molecule has 3 rings (SSSR count). The second-order valence-electron chi connectivity index (χ2n) is 4.53. The molecule has 1 heterocycles. The number of nitrogens with one attached hydrogen (secondary N) is 1. The van der Waals surface area contributed by atoms with Crippen LogP contribution in [0.2, 0.25) is 5.02 Å². The van der Waals surface area contributed by atoms with Gasteiger partial charge >= 0.3 is 0 Å². The first kappa shape index (κ1) is 10.7. The summed E-state index contributed by atoms with van der Waals surface area (Å²) in [5.41, 5.74) is 8.58. The molecule has 0 aliphatic heterocycles. The van der Waals surface area contributed by atoms with Crippen LogP contribution in [0.25, 0.3) is 10.9 Å². The second kappa shape index (κ2) is 3.77. The van der Waals surface area contributed by atoms with Crippen molar-refractivity contribution in [3.05, 3.63) is 34.5 Å². The maximum absolute atomic E-state index is 11.4. The molecule has 3 nitrogen and oxygen atoms in total. The van der Waals surface area contributed by atoms with Gasteiger partial charge in [0.1, 0.15) is 0 Å². The minimum Gasteiger partial charge on any atom is -0.369 e. The Morgan fingerprint density at radius 3 is 3.06 bits per heavy atom. The van der Waals surface area contributed by atoms with Crippen molar-refractivity contribution in [1.29, 1.82) is 0 Å². The van der Waals surface area contributed by atoms with Crippen molar-refractivity contribution in [2.75, 3.05) is 0 Å². The van der Waals surface area contributed by atoms with Gasteiger partial charge in [0.15, 0.2) is 0 Å². The van der Waals surface area contributed by atoms with Gasteiger partial charge in [0.2, 0.25) is 5.91 Å². The molecule has 0 spiro atoms. The lowest BCUT2D eigenvalue weighted by Crippen LogP contribution is -2.24. The Morgan fingerprint density at radius 1 is 1.47 bits per heavy atom. The van der Waals surface area contributed by atoms with Gasteiger partial charge in [0.25, 0.3) is 0 Å². The molecule has 0 bridgehead atoms. The molecule has 1 aromatic heterocycles. The van der Waals surface area contributed by atoms with E-state index in [1.807, 2.05) is 18.2 Å². The number of rotatable bonds is 1. The number of fused-ring (bicyclic) bond motifs is 3. The van der Waals surface area contributed by atoms with Crippen LogP contribution in [0.1, 0.15) is 30.0 Å². The van der Waals surface area contributed by atoms with Crippen molar-refractivity contribution in [3.63, 3.8) is 0 Å². The Kier molecular flexibility index (Phi) is 2.37. The van der Waals surface area contributed by atoms with Gasteiger partial charge in [0, 0.05) is 16.6 Å². The van der Waals surface area contributed by atoms with Gasteiger partial charge in [-0.25, -0.2) is 0 Å². The molecule has 1 aromatic carbocycles. The van der Waals surface area contributed by atoms with E-state index >= 15 is 0 Å². The molecular weight excluding hydrogens is 236 g/mol. The average Bonchev–Trinajstić information content (AvgIpc) is 2.67. The Morgan fingerprint density at radius 2 is 2.29 bits per heavy atom. The largest absolute Gasteiger partial charge is 0.369 e. The zero-order chi connectivity index (χ0) is 12.0. The minimum atomic E-state index is -0.256. The summed E-state index contributed by atoms with van der Waals surface area (Å²) in [5.74, 6) is -0.448. The van der Waals surface area contributed by atoms with Crippen LogP contribution in [0, 0.1) is 0 Å². The number of aryl methyl sites for hydroxylation is 1. The molecule has 17 heavy (non-hydrogen) atoms. The standard InChI is InChI=1S/C13H13ClN2O/c14-9-5-2-6-10-11(9)7-3-1-4-8(13(15)17)12(7)16-10/h2,5-6,8,16H,1,3-4H2,(H2,15,17). The van der Waals surface area contributed by atoms with Gasteiger partial charge in [-0.05, 0) is 37.0 Å². The molecule has 88 valence electrons. The highest BCUT2D eigenvalue weighted by atomic mass is 35.5. The highest BCUT2D eigenvalue weighted by molar-refractivity contribution is 6.35. The number of carbonyl (C=O) groups excluding carboxylic acids is 1. The molecule has 1 amide bonds. The molecule has 1 atom stereocenters. The number of primary amides is 1. The smallest absolute Gasteiger partial charge is 0.226 e. The first-order chi connectivity index (χ1) is 8.18. The predicted molar refractivity (Wildman–Crippen MR) is 68.2 cm³/mol. The van der Waals surface area contributed by atoms with Crippen LogP contribution < -0.4 is 5.73 Å². The van der Waals surface area contributed by atoms with Crippen molar-refractivity contribution in [1.82, 2.24) is 4.98 Å². The second-order valence-corrected chi connectivity index (χ2v) is 4.93.